The Labute approximate surface area is 76.6 Å². The first kappa shape index (κ1) is 9.34. The molecule has 0 aliphatic carbocycles. The molecule has 0 saturated carbocycles. The topological polar surface area (TPSA) is 15.3 Å². The van der Waals surface area contributed by atoms with Crippen LogP contribution in [0.2, 0.25) is 0 Å². The van der Waals surface area contributed by atoms with Crippen molar-refractivity contribution in [3.8, 4) is 0 Å². The Morgan fingerprint density at radius 2 is 1.75 bits per heavy atom. The molecule has 1 aliphatic heterocycles. The van der Waals surface area contributed by atoms with Gasteiger partial charge in [-0.15, -0.1) is 0 Å². The van der Waals surface area contributed by atoms with Crippen LogP contribution in [-0.2, 0) is 19.5 Å². The molecule has 42 valence electrons. The first-order valence-corrected chi connectivity index (χ1v) is 4.07. The molecule has 0 aromatic heterocycles. The Balaban J connectivity index is 0.000000490. The molecule has 1 N–H and O–H groups in total. The molecule has 0 unspecified atom stereocenters. The fourth-order valence-electron chi connectivity index (χ4n) is 0.682. The van der Waals surface area contributed by atoms with Crippen molar-refractivity contribution < 1.29 is 19.5 Å². The van der Waals surface area contributed by atoms with Crippen molar-refractivity contribution in [2.45, 2.75) is 0 Å². The summed E-state index contributed by atoms with van der Waals surface area (Å²) >= 11 is 1.30. The van der Waals surface area contributed by atoms with Gasteiger partial charge in [-0.25, -0.2) is 0 Å². The molecule has 8 heavy (non-hydrogen) atoms. The van der Waals surface area contributed by atoms with Crippen LogP contribution >= 0.6 is 0 Å². The van der Waals surface area contributed by atoms with Gasteiger partial charge in [-0.1, -0.05) is 0 Å². The van der Waals surface area contributed by atoms with Crippen LogP contribution in [0, 0.1) is 0 Å². The van der Waals surface area contributed by atoms with Crippen molar-refractivity contribution in [1.82, 2.24) is 8.44 Å². The van der Waals surface area contributed by atoms with Gasteiger partial charge in [0, 0.05) is 19.5 Å². The van der Waals surface area contributed by atoms with E-state index in [1.54, 1.807) is 0 Å². The standard InChI is InChI=1S/C4H9N2.Sn.Zn.H/c1-2-6-4-3-5-1;;;/h5H,1-4H2;;;/q-1;+1;;. The van der Waals surface area contributed by atoms with Crippen LogP contribution in [0.3, 0.4) is 0 Å². The minimum Gasteiger partial charge on any atom is 0 e. The van der Waals surface area contributed by atoms with Crippen molar-refractivity contribution in [2.24, 2.45) is 0 Å². The van der Waals surface area contributed by atoms with E-state index in [0.717, 1.165) is 0 Å². The molecule has 1 aliphatic rings. The number of rotatable bonds is 0. The van der Waals surface area contributed by atoms with E-state index in [1.807, 2.05) is 0 Å². The summed E-state index contributed by atoms with van der Waals surface area (Å²) in [5.74, 6) is 0. The zero-order valence-corrected chi connectivity index (χ0v) is 11.3. The third kappa shape index (κ3) is 3.38. The van der Waals surface area contributed by atoms with Crippen molar-refractivity contribution in [3.63, 3.8) is 0 Å². The van der Waals surface area contributed by atoms with Gasteiger partial charge in [0.25, 0.3) is 0 Å². The molecule has 2 nitrogen and oxygen atoms in total. The quantitative estimate of drug-likeness (QED) is 0.551. The first-order valence-electron chi connectivity index (χ1n) is 2.60. The Morgan fingerprint density at radius 1 is 1.25 bits per heavy atom. The van der Waals surface area contributed by atoms with Crippen LogP contribution in [0.25, 0.3) is 0 Å². The predicted octanol–water partition coefficient (Wildman–Crippen LogP) is -1.30. The summed E-state index contributed by atoms with van der Waals surface area (Å²) < 4.78 is 2.46. The molecule has 4 heteroatoms. The number of nitrogens with one attached hydrogen (secondary N) is 1. The summed E-state index contributed by atoms with van der Waals surface area (Å²) in [6.07, 6.45) is 0. The first-order chi connectivity index (χ1) is 3.39. The molecule has 0 atom stereocenters. The number of nitrogens with zero attached hydrogens (tertiary/aromatic N) is 1. The van der Waals surface area contributed by atoms with Gasteiger partial charge in [-0.2, -0.15) is 0 Å². The van der Waals surface area contributed by atoms with Gasteiger partial charge in [-0.05, 0) is 0 Å². The van der Waals surface area contributed by atoms with Crippen LogP contribution in [0.15, 0.2) is 0 Å². The largest absolute Gasteiger partial charge is 0 e. The molecule has 1 heterocycles. The van der Waals surface area contributed by atoms with Gasteiger partial charge >= 0.3 is 57.4 Å². The van der Waals surface area contributed by atoms with E-state index in [9.17, 15) is 0 Å². The number of hydrogen-bond acceptors (Lipinski definition) is 2. The van der Waals surface area contributed by atoms with Crippen molar-refractivity contribution in [2.75, 3.05) is 26.2 Å². The minimum absolute atomic E-state index is 0. The molecule has 2 radical (unpaired) electrons. The van der Waals surface area contributed by atoms with Gasteiger partial charge in [0.05, 0.1) is 0 Å². The van der Waals surface area contributed by atoms with Crippen molar-refractivity contribution in [3.05, 3.63) is 0 Å². The van der Waals surface area contributed by atoms with E-state index in [1.165, 1.54) is 49.0 Å². The summed E-state index contributed by atoms with van der Waals surface area (Å²) in [6, 6.07) is 0. The molecule has 1 rings (SSSR count). The van der Waals surface area contributed by atoms with E-state index in [4.69, 9.17) is 0 Å². The third-order valence-electron chi connectivity index (χ3n) is 1.15. The SMILES string of the molecule is [SnH][N]1CCNCC1.[Zn]. The van der Waals surface area contributed by atoms with E-state index in [-0.39, 0.29) is 19.5 Å². The predicted molar refractivity (Wildman–Crippen MR) is 31.6 cm³/mol. The average molecular weight is 270 g/mol. The second kappa shape index (κ2) is 5.15. The average Bonchev–Trinajstić information content (AvgIpc) is 1.69. The maximum atomic E-state index is 3.29. The second-order valence-electron chi connectivity index (χ2n) is 1.79. The Morgan fingerprint density at radius 3 is 2.00 bits per heavy atom. The minimum atomic E-state index is 0. The Bertz CT molecular complexity index is 56.0. The molecule has 0 aromatic rings. The van der Waals surface area contributed by atoms with Crippen LogP contribution in [-0.4, -0.2) is 52.1 Å². The molecule has 0 aromatic carbocycles. The molecule has 1 saturated heterocycles. The maximum Gasteiger partial charge on any atom is 0 e. The normalized spacial score (nSPS) is 22.1. The molecule has 1 fully saturated rings. The van der Waals surface area contributed by atoms with Crippen molar-refractivity contribution in [1.29, 1.82) is 0 Å². The van der Waals surface area contributed by atoms with Gasteiger partial charge in [0.1, 0.15) is 0 Å². The molecular weight excluding hydrogens is 260 g/mol. The monoisotopic (exact) mass is 270 g/mol. The number of piperazine rings is 1. The maximum absolute atomic E-state index is 3.29. The van der Waals surface area contributed by atoms with E-state index < -0.39 is 0 Å². The van der Waals surface area contributed by atoms with Crippen LogP contribution in [0.1, 0.15) is 0 Å². The fourth-order valence-corrected chi connectivity index (χ4v) is 1.42. The Kier molecular flexibility index (Phi) is 6.02. The second-order valence-corrected chi connectivity index (χ2v) is 3.87. The molecular formula is C4H10N2SnZn. The smallest absolute Gasteiger partial charge is 0 e. The summed E-state index contributed by atoms with van der Waals surface area (Å²) in [5.41, 5.74) is 0. The summed E-state index contributed by atoms with van der Waals surface area (Å²) in [4.78, 5) is 0. The van der Waals surface area contributed by atoms with Gasteiger partial charge in [0.15, 0.2) is 0 Å². The third-order valence-corrected chi connectivity index (χ3v) is 2.63. The van der Waals surface area contributed by atoms with Gasteiger partial charge < -0.3 is 0 Å². The fraction of sp³-hybridized carbons (Fsp3) is 1.00. The van der Waals surface area contributed by atoms with E-state index in [0.29, 0.717) is 0 Å². The molecule has 0 bridgehead atoms. The zero-order valence-electron chi connectivity index (χ0n) is 5.06. The van der Waals surface area contributed by atoms with E-state index in [2.05, 4.69) is 8.44 Å². The molecule has 0 spiro atoms. The summed E-state index contributed by atoms with van der Waals surface area (Å²) in [5, 5.41) is 3.29. The van der Waals surface area contributed by atoms with Crippen LogP contribution in [0.4, 0.5) is 0 Å². The molecule has 0 amide bonds. The van der Waals surface area contributed by atoms with E-state index >= 15 is 0 Å². The van der Waals surface area contributed by atoms with Crippen LogP contribution in [0.5, 0.6) is 0 Å². The van der Waals surface area contributed by atoms with Gasteiger partial charge in [-0.3, -0.25) is 0 Å². The zero-order chi connectivity index (χ0) is 5.11. The summed E-state index contributed by atoms with van der Waals surface area (Å²) in [6.45, 7) is 4.92. The summed E-state index contributed by atoms with van der Waals surface area (Å²) in [7, 11) is 0. The van der Waals surface area contributed by atoms with Crippen molar-refractivity contribution >= 4 is 22.8 Å². The van der Waals surface area contributed by atoms with Crippen LogP contribution < -0.4 is 5.32 Å². The Hall–Kier alpha value is 1.34. The number of hydrogen-bond donors (Lipinski definition) is 1. The van der Waals surface area contributed by atoms with Gasteiger partial charge in [0.2, 0.25) is 0 Å².